The van der Waals surface area contributed by atoms with Gasteiger partial charge in [0.2, 0.25) is 0 Å². The minimum absolute atomic E-state index is 0.926. The molecule has 1 saturated heterocycles. The van der Waals surface area contributed by atoms with Gasteiger partial charge in [0, 0.05) is 31.6 Å². The van der Waals surface area contributed by atoms with E-state index in [1.165, 1.54) is 10.9 Å². The van der Waals surface area contributed by atoms with E-state index >= 15 is 0 Å². The van der Waals surface area contributed by atoms with Gasteiger partial charge in [-0.15, -0.1) is 0 Å². The van der Waals surface area contributed by atoms with Gasteiger partial charge in [-0.1, -0.05) is 12.1 Å². The van der Waals surface area contributed by atoms with E-state index < -0.39 is 0 Å². The minimum atomic E-state index is 0.926. The smallest absolute Gasteiger partial charge is 0.134 e. The summed E-state index contributed by atoms with van der Waals surface area (Å²) in [6, 6.07) is 8.54. The summed E-state index contributed by atoms with van der Waals surface area (Å²) in [4.78, 5) is 2.43. The van der Waals surface area contributed by atoms with Crippen molar-refractivity contribution in [1.29, 1.82) is 0 Å². The standard InChI is InChI=1S/C14H18N2O/c1-11-2-3-12-9-13(17-14(12)8-11)10-16-6-4-15-5-7-16/h2-3,8-9,15H,4-7,10H2,1H3. The number of benzene rings is 1. The Kier molecular flexibility index (Phi) is 2.87. The molecular formula is C14H18N2O. The molecule has 0 amide bonds. The van der Waals surface area contributed by atoms with Gasteiger partial charge in [-0.25, -0.2) is 0 Å². The van der Waals surface area contributed by atoms with Crippen molar-refractivity contribution in [1.82, 2.24) is 10.2 Å². The zero-order valence-corrected chi connectivity index (χ0v) is 10.2. The Bertz CT molecular complexity index is 512. The van der Waals surface area contributed by atoms with Crippen LogP contribution in [0.15, 0.2) is 28.7 Å². The van der Waals surface area contributed by atoms with Crippen molar-refractivity contribution in [2.45, 2.75) is 13.5 Å². The lowest BCUT2D eigenvalue weighted by molar-refractivity contribution is 0.218. The van der Waals surface area contributed by atoms with E-state index in [1.807, 2.05) is 0 Å². The number of fused-ring (bicyclic) bond motifs is 1. The highest BCUT2D eigenvalue weighted by Gasteiger charge is 2.12. The van der Waals surface area contributed by atoms with Crippen LogP contribution in [0.25, 0.3) is 11.0 Å². The molecule has 0 atom stereocenters. The first-order valence-electron chi connectivity index (χ1n) is 6.23. The van der Waals surface area contributed by atoms with Crippen molar-refractivity contribution in [2.24, 2.45) is 0 Å². The lowest BCUT2D eigenvalue weighted by atomic mass is 10.2. The molecule has 3 nitrogen and oxygen atoms in total. The van der Waals surface area contributed by atoms with Crippen molar-refractivity contribution in [3.05, 3.63) is 35.6 Å². The second-order valence-electron chi connectivity index (χ2n) is 4.78. The van der Waals surface area contributed by atoms with Gasteiger partial charge in [-0.3, -0.25) is 4.90 Å². The molecule has 1 aromatic carbocycles. The number of hydrogen-bond donors (Lipinski definition) is 1. The number of aryl methyl sites for hydroxylation is 1. The summed E-state index contributed by atoms with van der Waals surface area (Å²) in [6.45, 7) is 7.40. The maximum Gasteiger partial charge on any atom is 0.134 e. The van der Waals surface area contributed by atoms with Crippen LogP contribution >= 0.6 is 0 Å². The molecule has 0 bridgehead atoms. The van der Waals surface area contributed by atoms with E-state index in [9.17, 15) is 0 Å². The third-order valence-corrected chi connectivity index (χ3v) is 3.32. The molecule has 0 unspecified atom stereocenters. The second kappa shape index (κ2) is 4.51. The molecule has 2 heterocycles. The number of hydrogen-bond acceptors (Lipinski definition) is 3. The average Bonchev–Trinajstić information content (AvgIpc) is 2.71. The predicted octanol–water partition coefficient (Wildman–Crippen LogP) is 2.15. The molecule has 3 heteroatoms. The fourth-order valence-electron chi connectivity index (χ4n) is 2.36. The van der Waals surface area contributed by atoms with Crippen LogP contribution in [0.3, 0.4) is 0 Å². The van der Waals surface area contributed by atoms with E-state index in [2.05, 4.69) is 41.4 Å². The Morgan fingerprint density at radius 2 is 2.06 bits per heavy atom. The van der Waals surface area contributed by atoms with Gasteiger partial charge in [0.05, 0.1) is 6.54 Å². The Morgan fingerprint density at radius 3 is 2.88 bits per heavy atom. The maximum atomic E-state index is 5.89. The molecule has 0 spiro atoms. The minimum Gasteiger partial charge on any atom is -0.460 e. The monoisotopic (exact) mass is 230 g/mol. The van der Waals surface area contributed by atoms with E-state index in [1.54, 1.807) is 0 Å². The Hall–Kier alpha value is -1.32. The van der Waals surface area contributed by atoms with Crippen molar-refractivity contribution < 1.29 is 4.42 Å². The molecule has 1 aliphatic rings. The van der Waals surface area contributed by atoms with Crippen molar-refractivity contribution >= 4 is 11.0 Å². The number of furan rings is 1. The third-order valence-electron chi connectivity index (χ3n) is 3.32. The van der Waals surface area contributed by atoms with Gasteiger partial charge < -0.3 is 9.73 Å². The van der Waals surface area contributed by atoms with Crippen LogP contribution in [0.2, 0.25) is 0 Å². The Morgan fingerprint density at radius 1 is 1.24 bits per heavy atom. The van der Waals surface area contributed by atoms with Gasteiger partial charge in [-0.2, -0.15) is 0 Å². The zero-order chi connectivity index (χ0) is 11.7. The highest BCUT2D eigenvalue weighted by molar-refractivity contribution is 5.78. The van der Waals surface area contributed by atoms with Crippen LogP contribution in [0.5, 0.6) is 0 Å². The summed E-state index contributed by atoms with van der Waals surface area (Å²) in [5.74, 6) is 1.08. The second-order valence-corrected chi connectivity index (χ2v) is 4.78. The van der Waals surface area contributed by atoms with E-state index in [-0.39, 0.29) is 0 Å². The van der Waals surface area contributed by atoms with E-state index in [0.717, 1.165) is 44.1 Å². The molecule has 1 N–H and O–H groups in total. The predicted molar refractivity (Wildman–Crippen MR) is 69.1 cm³/mol. The zero-order valence-electron chi connectivity index (χ0n) is 10.2. The van der Waals surface area contributed by atoms with Crippen molar-refractivity contribution in [2.75, 3.05) is 26.2 Å². The quantitative estimate of drug-likeness (QED) is 0.857. The Labute approximate surface area is 101 Å². The van der Waals surface area contributed by atoms with Crippen LogP contribution in [-0.2, 0) is 6.54 Å². The highest BCUT2D eigenvalue weighted by Crippen LogP contribution is 2.21. The van der Waals surface area contributed by atoms with Crippen LogP contribution in [-0.4, -0.2) is 31.1 Å². The summed E-state index contributed by atoms with van der Waals surface area (Å²) >= 11 is 0. The SMILES string of the molecule is Cc1ccc2cc(CN3CCNCC3)oc2c1. The van der Waals surface area contributed by atoms with Gasteiger partial charge >= 0.3 is 0 Å². The Balaban J connectivity index is 1.80. The maximum absolute atomic E-state index is 5.89. The molecular weight excluding hydrogens is 212 g/mol. The molecule has 0 radical (unpaired) electrons. The fraction of sp³-hybridized carbons (Fsp3) is 0.429. The topological polar surface area (TPSA) is 28.4 Å². The first-order chi connectivity index (χ1) is 8.31. The molecule has 1 aromatic heterocycles. The largest absolute Gasteiger partial charge is 0.460 e. The average molecular weight is 230 g/mol. The van der Waals surface area contributed by atoms with Crippen molar-refractivity contribution in [3.8, 4) is 0 Å². The summed E-state index contributed by atoms with van der Waals surface area (Å²) in [5, 5.41) is 4.57. The van der Waals surface area contributed by atoms with Crippen LogP contribution in [0.1, 0.15) is 11.3 Å². The molecule has 17 heavy (non-hydrogen) atoms. The molecule has 1 aliphatic heterocycles. The summed E-state index contributed by atoms with van der Waals surface area (Å²) in [7, 11) is 0. The molecule has 0 aliphatic carbocycles. The third kappa shape index (κ3) is 2.35. The van der Waals surface area contributed by atoms with Gasteiger partial charge in [0.25, 0.3) is 0 Å². The van der Waals surface area contributed by atoms with E-state index in [0.29, 0.717) is 0 Å². The van der Waals surface area contributed by atoms with Crippen LogP contribution in [0, 0.1) is 6.92 Å². The first-order valence-corrected chi connectivity index (χ1v) is 6.23. The molecule has 1 fully saturated rings. The molecule has 90 valence electrons. The lowest BCUT2D eigenvalue weighted by Crippen LogP contribution is -2.42. The molecule has 2 aromatic rings. The summed E-state index contributed by atoms with van der Waals surface area (Å²) in [5.41, 5.74) is 2.26. The number of rotatable bonds is 2. The van der Waals surface area contributed by atoms with Crippen LogP contribution < -0.4 is 5.32 Å². The van der Waals surface area contributed by atoms with E-state index in [4.69, 9.17) is 4.42 Å². The fourth-order valence-corrected chi connectivity index (χ4v) is 2.36. The van der Waals surface area contributed by atoms with Gasteiger partial charge in [-0.05, 0) is 24.6 Å². The first kappa shape index (κ1) is 10.8. The van der Waals surface area contributed by atoms with Crippen molar-refractivity contribution in [3.63, 3.8) is 0 Å². The molecule has 0 saturated carbocycles. The van der Waals surface area contributed by atoms with Crippen LogP contribution in [0.4, 0.5) is 0 Å². The highest BCUT2D eigenvalue weighted by atomic mass is 16.3. The van der Waals surface area contributed by atoms with Gasteiger partial charge in [0.1, 0.15) is 11.3 Å². The number of nitrogens with one attached hydrogen (secondary N) is 1. The normalized spacial score (nSPS) is 17.7. The summed E-state index contributed by atoms with van der Waals surface area (Å²) in [6.07, 6.45) is 0. The molecule has 3 rings (SSSR count). The number of piperazine rings is 1. The van der Waals surface area contributed by atoms with Gasteiger partial charge in [0.15, 0.2) is 0 Å². The summed E-state index contributed by atoms with van der Waals surface area (Å²) < 4.78 is 5.89. The lowest BCUT2D eigenvalue weighted by Gasteiger charge is -2.26. The number of nitrogens with zero attached hydrogens (tertiary/aromatic N) is 1.